The fraction of sp³-hybridized carbons (Fsp3) is 0.190. The SMILES string of the molecule is Cc1ccc2nc(-n3nc(C)c4c3NC(=O)C[C@@H]4c3cc(Br)ccc3F)sc2c1. The second kappa shape index (κ2) is 6.74. The van der Waals surface area contributed by atoms with Crippen LogP contribution in [-0.4, -0.2) is 20.7 Å². The number of hydrogen-bond donors (Lipinski definition) is 1. The first kappa shape index (κ1) is 18.4. The predicted octanol–water partition coefficient (Wildman–Crippen LogP) is 5.47. The standard InChI is InChI=1S/C21H16BrFN4OS/c1-10-3-6-16-17(7-10)29-21(24-16)27-20-19(11(2)26-27)14(9-18(28)25-20)13-8-12(22)4-5-15(13)23/h3-8,14H,9H2,1-2H3,(H,25,28)/t14-/m1/s1. The Morgan fingerprint density at radius 1 is 1.24 bits per heavy atom. The van der Waals surface area contributed by atoms with Gasteiger partial charge in [-0.05, 0) is 55.3 Å². The molecule has 1 aliphatic rings. The Morgan fingerprint density at radius 2 is 2.07 bits per heavy atom. The third kappa shape index (κ3) is 3.07. The summed E-state index contributed by atoms with van der Waals surface area (Å²) < 4.78 is 18.1. The van der Waals surface area contributed by atoms with Crippen LogP contribution in [0.15, 0.2) is 40.9 Å². The predicted molar refractivity (Wildman–Crippen MR) is 115 cm³/mol. The number of aryl methyl sites for hydroxylation is 2. The van der Waals surface area contributed by atoms with E-state index < -0.39 is 5.92 Å². The van der Waals surface area contributed by atoms with Gasteiger partial charge in [0.1, 0.15) is 11.6 Å². The molecule has 0 aliphatic carbocycles. The topological polar surface area (TPSA) is 59.8 Å². The summed E-state index contributed by atoms with van der Waals surface area (Å²) in [4.78, 5) is 17.2. The van der Waals surface area contributed by atoms with Gasteiger partial charge < -0.3 is 5.32 Å². The van der Waals surface area contributed by atoms with E-state index in [4.69, 9.17) is 0 Å². The maximum Gasteiger partial charge on any atom is 0.226 e. The molecule has 5 nitrogen and oxygen atoms in total. The number of thiazole rings is 1. The van der Waals surface area contributed by atoms with Crippen LogP contribution < -0.4 is 5.32 Å². The minimum atomic E-state index is -0.401. The Balaban J connectivity index is 1.69. The lowest BCUT2D eigenvalue weighted by Gasteiger charge is -2.24. The number of carbonyl (C=O) groups excluding carboxylic acids is 1. The number of nitrogens with zero attached hydrogens (tertiary/aromatic N) is 3. The maximum absolute atomic E-state index is 14.6. The number of hydrogen-bond acceptors (Lipinski definition) is 4. The first-order valence-electron chi connectivity index (χ1n) is 9.12. The number of anilines is 1. The van der Waals surface area contributed by atoms with Crippen molar-refractivity contribution >= 4 is 49.2 Å². The average Bonchev–Trinajstić information content (AvgIpc) is 3.23. The quantitative estimate of drug-likeness (QED) is 0.422. The Bertz CT molecular complexity index is 1300. The lowest BCUT2D eigenvalue weighted by Crippen LogP contribution is -2.25. The molecule has 0 spiro atoms. The number of amides is 1. The molecule has 0 saturated carbocycles. The zero-order chi connectivity index (χ0) is 20.3. The summed E-state index contributed by atoms with van der Waals surface area (Å²) in [6.07, 6.45) is 0.173. The highest BCUT2D eigenvalue weighted by Gasteiger charge is 2.34. The monoisotopic (exact) mass is 470 g/mol. The third-order valence-corrected chi connectivity index (χ3v) is 6.64. The van der Waals surface area contributed by atoms with E-state index in [1.807, 2.05) is 26.0 Å². The molecule has 0 bridgehead atoms. The zero-order valence-corrected chi connectivity index (χ0v) is 18.1. The van der Waals surface area contributed by atoms with Gasteiger partial charge in [0.2, 0.25) is 11.0 Å². The molecule has 0 radical (unpaired) electrons. The van der Waals surface area contributed by atoms with Gasteiger partial charge in [-0.15, -0.1) is 0 Å². The van der Waals surface area contributed by atoms with Crippen LogP contribution in [0.3, 0.4) is 0 Å². The lowest BCUT2D eigenvalue weighted by atomic mass is 9.85. The fourth-order valence-electron chi connectivity index (χ4n) is 3.84. The number of carbonyl (C=O) groups is 1. The average molecular weight is 471 g/mol. The van der Waals surface area contributed by atoms with Crippen molar-refractivity contribution in [3.05, 3.63) is 69.1 Å². The summed E-state index contributed by atoms with van der Waals surface area (Å²) in [6, 6.07) is 10.9. The molecule has 29 heavy (non-hydrogen) atoms. The molecule has 1 amide bonds. The maximum atomic E-state index is 14.6. The van der Waals surface area contributed by atoms with E-state index in [0.717, 1.165) is 31.5 Å². The van der Waals surface area contributed by atoms with Crippen LogP contribution >= 0.6 is 27.3 Å². The summed E-state index contributed by atoms with van der Waals surface area (Å²) in [5.41, 5.74) is 4.11. The number of halogens is 2. The summed E-state index contributed by atoms with van der Waals surface area (Å²) >= 11 is 4.92. The molecule has 0 unspecified atom stereocenters. The molecule has 1 atom stereocenters. The lowest BCUT2D eigenvalue weighted by molar-refractivity contribution is -0.116. The zero-order valence-electron chi connectivity index (χ0n) is 15.7. The van der Waals surface area contributed by atoms with Crippen molar-refractivity contribution in [2.24, 2.45) is 0 Å². The van der Waals surface area contributed by atoms with E-state index in [-0.39, 0.29) is 18.1 Å². The number of aromatic nitrogens is 3. The molecule has 2 aromatic carbocycles. The highest BCUT2D eigenvalue weighted by Crippen LogP contribution is 2.42. The van der Waals surface area contributed by atoms with Gasteiger partial charge in [0.15, 0.2) is 0 Å². The van der Waals surface area contributed by atoms with Gasteiger partial charge in [-0.3, -0.25) is 4.79 Å². The molecule has 1 aliphatic heterocycles. The van der Waals surface area contributed by atoms with Gasteiger partial charge >= 0.3 is 0 Å². The van der Waals surface area contributed by atoms with E-state index in [2.05, 4.69) is 37.4 Å². The van der Waals surface area contributed by atoms with Crippen LogP contribution in [0.5, 0.6) is 0 Å². The smallest absolute Gasteiger partial charge is 0.226 e. The number of fused-ring (bicyclic) bond motifs is 2. The highest BCUT2D eigenvalue weighted by atomic mass is 79.9. The molecule has 146 valence electrons. The third-order valence-electron chi connectivity index (χ3n) is 5.15. The summed E-state index contributed by atoms with van der Waals surface area (Å²) in [5, 5.41) is 8.26. The minimum absolute atomic E-state index is 0.167. The summed E-state index contributed by atoms with van der Waals surface area (Å²) in [6.45, 7) is 3.92. The van der Waals surface area contributed by atoms with Gasteiger partial charge in [0.05, 0.1) is 15.9 Å². The van der Waals surface area contributed by atoms with Crippen LogP contribution in [0.1, 0.15) is 34.7 Å². The molecule has 2 aromatic heterocycles. The van der Waals surface area contributed by atoms with Crippen molar-refractivity contribution in [1.82, 2.24) is 14.8 Å². The molecule has 0 fully saturated rings. The molecular formula is C21H16BrFN4OS. The Labute approximate surface area is 178 Å². The highest BCUT2D eigenvalue weighted by molar-refractivity contribution is 9.10. The van der Waals surface area contributed by atoms with Gasteiger partial charge in [-0.1, -0.05) is 33.3 Å². The van der Waals surface area contributed by atoms with Crippen LogP contribution in [-0.2, 0) is 4.79 Å². The van der Waals surface area contributed by atoms with Gasteiger partial charge in [0.25, 0.3) is 0 Å². The second-order valence-corrected chi connectivity index (χ2v) is 9.12. The Morgan fingerprint density at radius 3 is 2.90 bits per heavy atom. The van der Waals surface area contributed by atoms with E-state index in [0.29, 0.717) is 16.5 Å². The molecular weight excluding hydrogens is 455 g/mol. The van der Waals surface area contributed by atoms with Crippen LogP contribution in [0, 0.1) is 19.7 Å². The largest absolute Gasteiger partial charge is 0.310 e. The Kier molecular flexibility index (Phi) is 4.29. The first-order valence-corrected chi connectivity index (χ1v) is 10.7. The molecule has 1 N–H and O–H groups in total. The molecule has 3 heterocycles. The first-order chi connectivity index (χ1) is 13.9. The van der Waals surface area contributed by atoms with E-state index >= 15 is 0 Å². The van der Waals surface area contributed by atoms with Crippen LogP contribution in [0.25, 0.3) is 15.3 Å². The van der Waals surface area contributed by atoms with Crippen molar-refractivity contribution < 1.29 is 9.18 Å². The van der Waals surface area contributed by atoms with Gasteiger partial charge in [-0.2, -0.15) is 9.78 Å². The number of benzene rings is 2. The molecule has 4 aromatic rings. The van der Waals surface area contributed by atoms with Crippen LogP contribution in [0.2, 0.25) is 0 Å². The number of rotatable bonds is 2. The van der Waals surface area contributed by atoms with Gasteiger partial charge in [-0.25, -0.2) is 9.37 Å². The minimum Gasteiger partial charge on any atom is -0.310 e. The summed E-state index contributed by atoms with van der Waals surface area (Å²) in [7, 11) is 0. The second-order valence-electron chi connectivity index (χ2n) is 7.20. The van der Waals surface area contributed by atoms with Crippen molar-refractivity contribution in [2.75, 3.05) is 5.32 Å². The van der Waals surface area contributed by atoms with Crippen LogP contribution in [0.4, 0.5) is 10.2 Å². The fourth-order valence-corrected chi connectivity index (χ4v) is 5.24. The van der Waals surface area contributed by atoms with E-state index in [9.17, 15) is 9.18 Å². The normalized spacial score (nSPS) is 16.1. The Hall–Kier alpha value is -2.58. The summed E-state index contributed by atoms with van der Waals surface area (Å²) in [5.74, 6) is -0.332. The van der Waals surface area contributed by atoms with Gasteiger partial charge in [0, 0.05) is 22.4 Å². The molecule has 8 heteroatoms. The van der Waals surface area contributed by atoms with Crippen molar-refractivity contribution in [3.8, 4) is 5.13 Å². The van der Waals surface area contributed by atoms with E-state index in [1.165, 1.54) is 17.4 Å². The van der Waals surface area contributed by atoms with Crippen molar-refractivity contribution in [1.29, 1.82) is 0 Å². The van der Waals surface area contributed by atoms with E-state index in [1.54, 1.807) is 16.8 Å². The molecule has 5 rings (SSSR count). The van der Waals surface area contributed by atoms with Crippen molar-refractivity contribution in [3.63, 3.8) is 0 Å². The molecule has 0 saturated heterocycles. The van der Waals surface area contributed by atoms with Crippen molar-refractivity contribution in [2.45, 2.75) is 26.2 Å². The number of nitrogens with one attached hydrogen (secondary N) is 1.